The van der Waals surface area contributed by atoms with E-state index in [1.54, 1.807) is 6.08 Å². The Bertz CT molecular complexity index is 663. The molecule has 0 radical (unpaired) electrons. The second kappa shape index (κ2) is 6.79. The van der Waals surface area contributed by atoms with Crippen LogP contribution in [0.1, 0.15) is 28.3 Å². The molecule has 1 amide bonds. The predicted octanol–water partition coefficient (Wildman–Crippen LogP) is 2.73. The maximum atomic E-state index is 11.8. The summed E-state index contributed by atoms with van der Waals surface area (Å²) in [4.78, 5) is 20.7. The summed E-state index contributed by atoms with van der Waals surface area (Å²) in [6, 6.07) is 9.71. The molecule has 2 aromatic rings. The molecule has 1 aromatic heterocycles. The Kier molecular flexibility index (Phi) is 4.82. The normalized spacial score (nSPS) is 10.8. The maximum absolute atomic E-state index is 11.8. The summed E-state index contributed by atoms with van der Waals surface area (Å²) < 4.78 is 0. The highest BCUT2D eigenvalue weighted by atomic mass is 16.1. The van der Waals surface area contributed by atoms with E-state index in [0.29, 0.717) is 6.54 Å². The minimum absolute atomic E-state index is 0.140. The van der Waals surface area contributed by atoms with E-state index in [1.807, 2.05) is 51.1 Å². The third-order valence-corrected chi connectivity index (χ3v) is 3.24. The molecule has 1 heterocycles. The summed E-state index contributed by atoms with van der Waals surface area (Å²) in [5.74, 6) is -0.140. The minimum Gasteiger partial charge on any atom is -0.347 e. The number of amides is 1. The van der Waals surface area contributed by atoms with Gasteiger partial charge in [-0.1, -0.05) is 30.3 Å². The molecule has 0 aliphatic carbocycles. The van der Waals surface area contributed by atoms with Crippen LogP contribution in [0.4, 0.5) is 0 Å². The van der Waals surface area contributed by atoms with E-state index in [2.05, 4.69) is 15.3 Å². The molecule has 1 aromatic carbocycles. The second-order valence-corrected chi connectivity index (χ2v) is 4.89. The molecule has 1 N–H and O–H groups in total. The van der Waals surface area contributed by atoms with Gasteiger partial charge in [-0.3, -0.25) is 14.8 Å². The van der Waals surface area contributed by atoms with Gasteiger partial charge < -0.3 is 5.32 Å². The lowest BCUT2D eigenvalue weighted by Gasteiger charge is -2.08. The zero-order valence-corrected chi connectivity index (χ0v) is 12.6. The Hall–Kier alpha value is -2.49. The van der Waals surface area contributed by atoms with E-state index in [4.69, 9.17) is 0 Å². The lowest BCUT2D eigenvalue weighted by Crippen LogP contribution is -2.22. The first-order valence-electron chi connectivity index (χ1n) is 6.88. The van der Waals surface area contributed by atoms with Gasteiger partial charge in [0.15, 0.2) is 0 Å². The molecule has 0 unspecified atom stereocenters. The molecule has 0 spiro atoms. The molecule has 0 saturated carbocycles. The van der Waals surface area contributed by atoms with Gasteiger partial charge >= 0.3 is 0 Å². The van der Waals surface area contributed by atoms with Crippen LogP contribution in [0, 0.1) is 20.8 Å². The van der Waals surface area contributed by atoms with Crippen molar-refractivity contribution in [2.24, 2.45) is 0 Å². The lowest BCUT2D eigenvalue weighted by molar-refractivity contribution is -0.116. The van der Waals surface area contributed by atoms with Crippen LogP contribution in [0.15, 0.2) is 36.4 Å². The van der Waals surface area contributed by atoms with Gasteiger partial charge in [-0.15, -0.1) is 0 Å². The molecular formula is C17H19N3O. The summed E-state index contributed by atoms with van der Waals surface area (Å²) in [6.07, 6.45) is 3.31. The molecule has 2 rings (SSSR count). The number of aromatic nitrogens is 2. The number of hydrogen-bond donors (Lipinski definition) is 1. The number of nitrogens with one attached hydrogen (secondary N) is 1. The van der Waals surface area contributed by atoms with Crippen LogP contribution < -0.4 is 5.32 Å². The van der Waals surface area contributed by atoms with Crippen LogP contribution in [0.5, 0.6) is 0 Å². The van der Waals surface area contributed by atoms with Crippen molar-refractivity contribution in [3.05, 3.63) is 64.7 Å². The fourth-order valence-electron chi connectivity index (χ4n) is 1.89. The zero-order valence-electron chi connectivity index (χ0n) is 12.6. The highest BCUT2D eigenvalue weighted by Crippen LogP contribution is 2.06. The van der Waals surface area contributed by atoms with E-state index in [1.165, 1.54) is 6.08 Å². The number of nitrogens with zero attached hydrogens (tertiary/aromatic N) is 2. The first-order valence-corrected chi connectivity index (χ1v) is 6.88. The highest BCUT2D eigenvalue weighted by molar-refractivity contribution is 5.91. The second-order valence-electron chi connectivity index (χ2n) is 4.89. The third kappa shape index (κ3) is 4.24. The quantitative estimate of drug-likeness (QED) is 0.877. The van der Waals surface area contributed by atoms with Crippen LogP contribution in [-0.4, -0.2) is 15.9 Å². The molecule has 0 fully saturated rings. The number of hydrogen-bond acceptors (Lipinski definition) is 3. The highest BCUT2D eigenvalue weighted by Gasteiger charge is 2.06. The number of rotatable bonds is 4. The smallest absolute Gasteiger partial charge is 0.244 e. The molecule has 4 nitrogen and oxygen atoms in total. The molecule has 0 aliphatic heterocycles. The van der Waals surface area contributed by atoms with Gasteiger partial charge in [0, 0.05) is 6.08 Å². The number of carbonyl (C=O) groups excluding carboxylic acids is 1. The van der Waals surface area contributed by atoms with E-state index in [0.717, 1.165) is 28.3 Å². The maximum Gasteiger partial charge on any atom is 0.244 e. The van der Waals surface area contributed by atoms with Crippen LogP contribution in [0.25, 0.3) is 6.08 Å². The third-order valence-electron chi connectivity index (χ3n) is 3.24. The first kappa shape index (κ1) is 14.9. The van der Waals surface area contributed by atoms with Crippen molar-refractivity contribution in [1.82, 2.24) is 15.3 Å². The van der Waals surface area contributed by atoms with Crippen molar-refractivity contribution in [2.45, 2.75) is 27.3 Å². The molecule has 4 heteroatoms. The van der Waals surface area contributed by atoms with Crippen molar-refractivity contribution in [1.29, 1.82) is 0 Å². The first-order chi connectivity index (χ1) is 10.1. The number of benzene rings is 1. The average Bonchev–Trinajstić information content (AvgIpc) is 2.48. The zero-order chi connectivity index (χ0) is 15.2. The van der Waals surface area contributed by atoms with Crippen LogP contribution >= 0.6 is 0 Å². The Morgan fingerprint density at radius 1 is 1.05 bits per heavy atom. The number of aryl methyl sites for hydroxylation is 3. The summed E-state index contributed by atoms with van der Waals surface area (Å²) in [7, 11) is 0. The van der Waals surface area contributed by atoms with Crippen molar-refractivity contribution in [3.63, 3.8) is 0 Å². The summed E-state index contributed by atoms with van der Waals surface area (Å²) in [6.45, 7) is 6.14. The van der Waals surface area contributed by atoms with E-state index in [9.17, 15) is 4.79 Å². The molecule has 0 bridgehead atoms. The van der Waals surface area contributed by atoms with Gasteiger partial charge in [-0.05, 0) is 32.4 Å². The van der Waals surface area contributed by atoms with Gasteiger partial charge in [0.1, 0.15) is 0 Å². The van der Waals surface area contributed by atoms with Crippen LogP contribution in [0.2, 0.25) is 0 Å². The Labute approximate surface area is 125 Å². The van der Waals surface area contributed by atoms with Gasteiger partial charge in [-0.2, -0.15) is 0 Å². The molecule has 108 valence electrons. The monoisotopic (exact) mass is 281 g/mol. The topological polar surface area (TPSA) is 54.9 Å². The molecular weight excluding hydrogens is 262 g/mol. The van der Waals surface area contributed by atoms with Gasteiger partial charge in [0.25, 0.3) is 0 Å². The standard InChI is InChI=1S/C17H19N3O/c1-12-13(2)20-16(14(3)19-12)11-18-17(21)10-9-15-7-5-4-6-8-15/h4-10H,11H2,1-3H3,(H,18,21). The largest absolute Gasteiger partial charge is 0.347 e. The number of carbonyl (C=O) groups is 1. The fraction of sp³-hybridized carbons (Fsp3) is 0.235. The van der Waals surface area contributed by atoms with Gasteiger partial charge in [0.05, 0.1) is 29.3 Å². The fourth-order valence-corrected chi connectivity index (χ4v) is 1.89. The van der Waals surface area contributed by atoms with E-state index in [-0.39, 0.29) is 5.91 Å². The summed E-state index contributed by atoms with van der Waals surface area (Å²) in [5, 5.41) is 2.83. The molecule has 21 heavy (non-hydrogen) atoms. The van der Waals surface area contributed by atoms with Crippen molar-refractivity contribution in [3.8, 4) is 0 Å². The van der Waals surface area contributed by atoms with Gasteiger partial charge in [0.2, 0.25) is 5.91 Å². The Morgan fingerprint density at radius 2 is 1.71 bits per heavy atom. The van der Waals surface area contributed by atoms with Crippen molar-refractivity contribution in [2.75, 3.05) is 0 Å². The molecule has 0 aliphatic rings. The predicted molar refractivity (Wildman–Crippen MR) is 83.6 cm³/mol. The minimum atomic E-state index is -0.140. The van der Waals surface area contributed by atoms with Crippen molar-refractivity contribution < 1.29 is 4.79 Å². The van der Waals surface area contributed by atoms with Crippen molar-refractivity contribution >= 4 is 12.0 Å². The summed E-state index contributed by atoms with van der Waals surface area (Å²) in [5.41, 5.74) is 4.47. The molecule has 0 atom stereocenters. The average molecular weight is 281 g/mol. The lowest BCUT2D eigenvalue weighted by atomic mass is 10.2. The summed E-state index contributed by atoms with van der Waals surface area (Å²) >= 11 is 0. The Balaban J connectivity index is 1.96. The van der Waals surface area contributed by atoms with E-state index < -0.39 is 0 Å². The van der Waals surface area contributed by atoms with Crippen LogP contribution in [-0.2, 0) is 11.3 Å². The Morgan fingerprint density at radius 3 is 2.43 bits per heavy atom. The SMILES string of the molecule is Cc1nc(C)c(CNC(=O)C=Cc2ccccc2)nc1C. The molecule has 0 saturated heterocycles. The van der Waals surface area contributed by atoms with Crippen LogP contribution in [0.3, 0.4) is 0 Å². The van der Waals surface area contributed by atoms with Gasteiger partial charge in [-0.25, -0.2) is 0 Å². The van der Waals surface area contributed by atoms with E-state index >= 15 is 0 Å².